The average Bonchev–Trinajstić information content (AvgIpc) is 3.52. The third-order valence-electron chi connectivity index (χ3n) is 10.5. The molecule has 0 amide bonds. The summed E-state index contributed by atoms with van der Waals surface area (Å²) < 4.78 is 1.94. The summed E-state index contributed by atoms with van der Waals surface area (Å²) in [6.07, 6.45) is 11.0. The topological polar surface area (TPSA) is 24.7 Å². The first-order valence-corrected chi connectivity index (χ1v) is 15.8. The Morgan fingerprint density at radius 3 is 2.30 bits per heavy atom. The van der Waals surface area contributed by atoms with Crippen LogP contribution in [0.3, 0.4) is 0 Å². The maximum Gasteiger partial charge on any atom is 0.263 e. The van der Waals surface area contributed by atoms with Crippen molar-refractivity contribution in [3.63, 3.8) is 0 Å². The van der Waals surface area contributed by atoms with Crippen molar-refractivity contribution in [2.75, 3.05) is 11.4 Å². The zero-order chi connectivity index (χ0) is 29.7. The van der Waals surface area contributed by atoms with E-state index in [2.05, 4.69) is 117 Å². The number of para-hydroxylation sites is 1. The maximum atomic E-state index is 13.9. The van der Waals surface area contributed by atoms with Crippen molar-refractivity contribution in [1.82, 2.24) is 4.40 Å². The Hall–Kier alpha value is -4.89. The van der Waals surface area contributed by atoms with Crippen LogP contribution in [0, 0.1) is 5.92 Å². The van der Waals surface area contributed by atoms with Gasteiger partial charge in [-0.15, -0.1) is 0 Å². The molecule has 3 aliphatic rings. The highest BCUT2D eigenvalue weighted by Crippen LogP contribution is 2.56. The second kappa shape index (κ2) is 9.06. The molecule has 1 unspecified atom stereocenters. The van der Waals surface area contributed by atoms with E-state index < -0.39 is 0 Å². The Bertz CT molecular complexity index is 2380. The van der Waals surface area contributed by atoms with Crippen LogP contribution in [0.2, 0.25) is 0 Å². The lowest BCUT2D eigenvalue weighted by atomic mass is 9.73. The second-order valence-corrected chi connectivity index (χ2v) is 13.3. The lowest BCUT2D eigenvalue weighted by Crippen LogP contribution is -2.33. The smallest absolute Gasteiger partial charge is 0.263 e. The van der Waals surface area contributed by atoms with Gasteiger partial charge < -0.3 is 4.90 Å². The number of pyridine rings is 1. The molecule has 3 heterocycles. The van der Waals surface area contributed by atoms with Crippen molar-refractivity contribution in [2.24, 2.45) is 5.92 Å². The minimum Gasteiger partial charge on any atom is -0.337 e. The number of fused-ring (bicyclic) bond motifs is 8. The van der Waals surface area contributed by atoms with Crippen LogP contribution in [0.25, 0.3) is 43.5 Å². The number of hydrogen-bond donors (Lipinski definition) is 0. The minimum absolute atomic E-state index is 0.0511. The molecule has 0 saturated heterocycles. The summed E-state index contributed by atoms with van der Waals surface area (Å²) in [5, 5.41) is 5.15. The molecule has 1 atom stereocenters. The standard InChI is InChI=1S/C41H34N2O/c1-25-22-32-29-16-9-11-19-35(29)41(2,3)37(32)39-27(25)14-6-4-5-13-21-42(39)26-23-33-28-15-7-8-18-31(28)40(44)43-36-20-12-10-17-30(36)34(24-26)38(33)43/h4-13,15-20,23-25H,14,21-22H2,1-3H3/b6-4-,13-5-. The van der Waals surface area contributed by atoms with Gasteiger partial charge in [0.05, 0.1) is 11.0 Å². The zero-order valence-corrected chi connectivity index (χ0v) is 25.4. The second-order valence-electron chi connectivity index (χ2n) is 13.3. The average molecular weight is 571 g/mol. The Morgan fingerprint density at radius 1 is 0.773 bits per heavy atom. The molecule has 0 spiro atoms. The molecule has 44 heavy (non-hydrogen) atoms. The normalized spacial score (nSPS) is 21.0. The summed E-state index contributed by atoms with van der Waals surface area (Å²) in [5.41, 5.74) is 11.8. The van der Waals surface area contributed by atoms with Gasteiger partial charge in [-0.25, -0.2) is 0 Å². The molecule has 3 heteroatoms. The first kappa shape index (κ1) is 25.6. The van der Waals surface area contributed by atoms with E-state index in [1.54, 1.807) is 0 Å². The summed E-state index contributed by atoms with van der Waals surface area (Å²) in [7, 11) is 0. The van der Waals surface area contributed by atoms with Gasteiger partial charge in [-0.2, -0.15) is 0 Å². The molecule has 2 aromatic heterocycles. The predicted molar refractivity (Wildman–Crippen MR) is 185 cm³/mol. The molecule has 0 saturated carbocycles. The van der Waals surface area contributed by atoms with E-state index in [9.17, 15) is 4.79 Å². The predicted octanol–water partition coefficient (Wildman–Crippen LogP) is 9.56. The fraction of sp³-hybridized carbons (Fsp3) is 0.195. The minimum atomic E-state index is -0.111. The summed E-state index contributed by atoms with van der Waals surface area (Å²) in [5.74, 6) is 0.429. The van der Waals surface area contributed by atoms with E-state index in [-0.39, 0.29) is 11.0 Å². The van der Waals surface area contributed by atoms with Gasteiger partial charge in [-0.1, -0.05) is 106 Å². The van der Waals surface area contributed by atoms with Gasteiger partial charge in [-0.05, 0) is 76.3 Å². The van der Waals surface area contributed by atoms with E-state index in [4.69, 9.17) is 0 Å². The maximum absolute atomic E-state index is 13.9. The molecule has 0 radical (unpaired) electrons. The van der Waals surface area contributed by atoms with Gasteiger partial charge in [-0.3, -0.25) is 9.20 Å². The van der Waals surface area contributed by atoms with Crippen molar-refractivity contribution in [1.29, 1.82) is 0 Å². The van der Waals surface area contributed by atoms with E-state index in [1.165, 1.54) is 39.2 Å². The van der Waals surface area contributed by atoms with Gasteiger partial charge in [0.25, 0.3) is 5.56 Å². The molecule has 9 rings (SSSR count). The molecule has 6 aromatic rings. The summed E-state index contributed by atoms with van der Waals surface area (Å²) in [4.78, 5) is 16.5. The molecule has 2 aliphatic carbocycles. The number of allylic oxidation sites excluding steroid dienone is 6. The van der Waals surface area contributed by atoms with Crippen LogP contribution >= 0.6 is 0 Å². The van der Waals surface area contributed by atoms with E-state index in [1.807, 2.05) is 22.6 Å². The van der Waals surface area contributed by atoms with E-state index in [0.717, 1.165) is 57.4 Å². The number of hydrogen-bond acceptors (Lipinski definition) is 2. The number of nitrogens with zero attached hydrogens (tertiary/aromatic N) is 2. The van der Waals surface area contributed by atoms with Gasteiger partial charge >= 0.3 is 0 Å². The number of anilines is 1. The van der Waals surface area contributed by atoms with Crippen LogP contribution in [0.15, 0.2) is 131 Å². The van der Waals surface area contributed by atoms with Crippen LogP contribution in [-0.2, 0) is 5.41 Å². The van der Waals surface area contributed by atoms with Crippen LogP contribution < -0.4 is 10.5 Å². The molecular formula is C41H34N2O. The Labute approximate surface area is 257 Å². The number of aromatic nitrogens is 1. The van der Waals surface area contributed by atoms with Crippen molar-refractivity contribution in [2.45, 2.75) is 39.0 Å². The van der Waals surface area contributed by atoms with E-state index in [0.29, 0.717) is 5.92 Å². The number of benzene rings is 4. The molecule has 1 aliphatic heterocycles. The fourth-order valence-electron chi connectivity index (χ4n) is 8.54. The SMILES string of the molecule is CC1CC2=C(C3=C1C/C=C\C=C/CN3c1cc3c4ccccc4c(=O)n4c5ccccc5c(c1)c34)C(C)(C)c1ccccc12. The highest BCUT2D eigenvalue weighted by Gasteiger charge is 2.44. The highest BCUT2D eigenvalue weighted by molar-refractivity contribution is 6.21. The Kier molecular flexibility index (Phi) is 5.27. The summed E-state index contributed by atoms with van der Waals surface area (Å²) in [6, 6.07) is 30.2. The summed E-state index contributed by atoms with van der Waals surface area (Å²) in [6.45, 7) is 8.00. The first-order chi connectivity index (χ1) is 21.4. The van der Waals surface area contributed by atoms with Crippen LogP contribution in [0.1, 0.15) is 44.7 Å². The lowest BCUT2D eigenvalue weighted by molar-refractivity contribution is 0.603. The quantitative estimate of drug-likeness (QED) is 0.184. The molecule has 0 bridgehead atoms. The van der Waals surface area contributed by atoms with Crippen LogP contribution in [0.5, 0.6) is 0 Å². The molecule has 0 fully saturated rings. The van der Waals surface area contributed by atoms with Gasteiger partial charge in [0.2, 0.25) is 0 Å². The van der Waals surface area contributed by atoms with Crippen molar-refractivity contribution in [3.05, 3.63) is 148 Å². The largest absolute Gasteiger partial charge is 0.337 e. The number of rotatable bonds is 1. The van der Waals surface area contributed by atoms with Gasteiger partial charge in [0, 0.05) is 44.9 Å². The molecule has 4 aromatic carbocycles. The fourth-order valence-corrected chi connectivity index (χ4v) is 8.54. The van der Waals surface area contributed by atoms with Gasteiger partial charge in [0.15, 0.2) is 0 Å². The third-order valence-corrected chi connectivity index (χ3v) is 10.5. The molecule has 0 N–H and O–H groups in total. The monoisotopic (exact) mass is 570 g/mol. The van der Waals surface area contributed by atoms with Gasteiger partial charge in [0.1, 0.15) is 0 Å². The molecular weight excluding hydrogens is 536 g/mol. The van der Waals surface area contributed by atoms with E-state index >= 15 is 0 Å². The van der Waals surface area contributed by atoms with Crippen LogP contribution in [-0.4, -0.2) is 10.9 Å². The zero-order valence-electron chi connectivity index (χ0n) is 25.4. The highest BCUT2D eigenvalue weighted by atomic mass is 16.1. The summed E-state index contributed by atoms with van der Waals surface area (Å²) >= 11 is 0. The molecule has 3 nitrogen and oxygen atoms in total. The van der Waals surface area contributed by atoms with Crippen molar-refractivity contribution in [3.8, 4) is 0 Å². The Balaban J connectivity index is 1.40. The first-order valence-electron chi connectivity index (χ1n) is 15.8. The molecule has 214 valence electrons. The van der Waals surface area contributed by atoms with Crippen molar-refractivity contribution < 1.29 is 0 Å². The van der Waals surface area contributed by atoms with Crippen molar-refractivity contribution >= 4 is 49.2 Å². The van der Waals surface area contributed by atoms with Crippen LogP contribution in [0.4, 0.5) is 5.69 Å². The Morgan fingerprint density at radius 2 is 1.45 bits per heavy atom. The third kappa shape index (κ3) is 3.30. The lowest BCUT2D eigenvalue weighted by Gasteiger charge is -2.40.